The van der Waals surface area contributed by atoms with Crippen molar-refractivity contribution in [2.24, 2.45) is 0 Å². The molecule has 0 fully saturated rings. The third-order valence-electron chi connectivity index (χ3n) is 5.13. The highest BCUT2D eigenvalue weighted by Crippen LogP contribution is 2.37. The fourth-order valence-electron chi connectivity index (χ4n) is 3.62. The second-order valence-corrected chi connectivity index (χ2v) is 8.28. The lowest BCUT2D eigenvalue weighted by Crippen LogP contribution is -2.07. The molecule has 3 aromatic heterocycles. The minimum absolute atomic E-state index is 0.0581. The summed E-state index contributed by atoms with van der Waals surface area (Å²) in [5.41, 5.74) is 1.21. The summed E-state index contributed by atoms with van der Waals surface area (Å²) in [6.07, 6.45) is 1.69. The van der Waals surface area contributed by atoms with Crippen LogP contribution in [0.5, 0.6) is 11.5 Å². The number of ether oxygens (including phenoxy) is 2. The molecule has 34 heavy (non-hydrogen) atoms. The van der Waals surface area contributed by atoms with E-state index in [4.69, 9.17) is 13.9 Å². The number of nitrogens with one attached hydrogen (secondary N) is 1. The maximum absolute atomic E-state index is 14.5. The van der Waals surface area contributed by atoms with Gasteiger partial charge in [0.25, 0.3) is 0 Å². The number of thiophene rings is 1. The number of fused-ring (bicyclic) bond motifs is 1. The van der Waals surface area contributed by atoms with Gasteiger partial charge in [-0.3, -0.25) is 0 Å². The van der Waals surface area contributed by atoms with Crippen LogP contribution in [0.2, 0.25) is 0 Å². The summed E-state index contributed by atoms with van der Waals surface area (Å²) >= 11 is 1.06. The van der Waals surface area contributed by atoms with Crippen LogP contribution in [0.4, 0.5) is 14.6 Å². The highest BCUT2D eigenvalue weighted by atomic mass is 32.1. The van der Waals surface area contributed by atoms with Gasteiger partial charge in [-0.25, -0.2) is 23.5 Å². The largest absolute Gasteiger partial charge is 0.493 e. The predicted octanol–water partition coefficient (Wildman–Crippen LogP) is 5.30. The molecule has 0 bridgehead atoms. The molecule has 0 radical (unpaired) electrons. The Morgan fingerprint density at radius 3 is 2.74 bits per heavy atom. The molecule has 8 nitrogen and oxygen atoms in total. The number of methoxy groups -OCH3 is 1. The monoisotopic (exact) mass is 489 g/mol. The van der Waals surface area contributed by atoms with Gasteiger partial charge in [0.05, 0.1) is 29.7 Å². The molecule has 0 saturated heterocycles. The molecule has 1 aromatic carbocycles. The number of carbonyl (C=O) groups is 1. The number of aromatic carboxylic acids is 1. The number of rotatable bonds is 9. The van der Waals surface area contributed by atoms with Crippen molar-refractivity contribution in [1.82, 2.24) is 9.97 Å². The third kappa shape index (κ3) is 4.38. The molecule has 0 aliphatic carbocycles. The lowest BCUT2D eigenvalue weighted by molar-refractivity contribution is 0.0698. The quantitative estimate of drug-likeness (QED) is 0.326. The molecular formula is C23H21F2N3O5S. The average molecular weight is 490 g/mol. The van der Waals surface area contributed by atoms with Crippen molar-refractivity contribution in [3.8, 4) is 22.1 Å². The zero-order valence-corrected chi connectivity index (χ0v) is 19.4. The molecule has 4 aromatic rings. The van der Waals surface area contributed by atoms with E-state index in [1.165, 1.54) is 13.4 Å². The Kier molecular flexibility index (Phi) is 6.64. The van der Waals surface area contributed by atoms with Gasteiger partial charge in [0.1, 0.15) is 23.7 Å². The SMILES string of the molecule is CCOc1cc(-c2cc(NCCc3c(C)oc4c(OC)cc(F)c(F)c34)ncn2)sc1C(=O)O. The summed E-state index contributed by atoms with van der Waals surface area (Å²) < 4.78 is 44.8. The number of anilines is 1. The van der Waals surface area contributed by atoms with Crippen LogP contribution in [0.15, 0.2) is 28.9 Å². The summed E-state index contributed by atoms with van der Waals surface area (Å²) in [5, 5.41) is 12.6. The van der Waals surface area contributed by atoms with Crippen LogP contribution in [0, 0.1) is 18.6 Å². The van der Waals surface area contributed by atoms with Gasteiger partial charge >= 0.3 is 5.97 Å². The Morgan fingerprint density at radius 2 is 2.03 bits per heavy atom. The average Bonchev–Trinajstić information content (AvgIpc) is 3.38. The Morgan fingerprint density at radius 1 is 1.24 bits per heavy atom. The first-order valence-corrected chi connectivity index (χ1v) is 11.2. The van der Waals surface area contributed by atoms with Gasteiger partial charge in [-0.2, -0.15) is 0 Å². The molecule has 0 atom stereocenters. The second kappa shape index (κ2) is 9.64. The molecule has 2 N–H and O–H groups in total. The minimum Gasteiger partial charge on any atom is -0.493 e. The van der Waals surface area contributed by atoms with E-state index < -0.39 is 17.6 Å². The molecule has 3 heterocycles. The van der Waals surface area contributed by atoms with Crippen LogP contribution in [-0.4, -0.2) is 41.3 Å². The molecule has 0 spiro atoms. The lowest BCUT2D eigenvalue weighted by Gasteiger charge is -2.07. The number of benzene rings is 1. The molecular weight excluding hydrogens is 468 g/mol. The maximum atomic E-state index is 14.5. The van der Waals surface area contributed by atoms with Gasteiger partial charge in [0, 0.05) is 30.3 Å². The van der Waals surface area contributed by atoms with Gasteiger partial charge < -0.3 is 24.3 Å². The van der Waals surface area contributed by atoms with E-state index >= 15 is 0 Å². The highest BCUT2D eigenvalue weighted by molar-refractivity contribution is 7.17. The number of furan rings is 1. The van der Waals surface area contributed by atoms with Crippen molar-refractivity contribution in [1.29, 1.82) is 0 Å². The Hall–Kier alpha value is -3.73. The molecule has 4 rings (SSSR count). The normalized spacial score (nSPS) is 11.1. The summed E-state index contributed by atoms with van der Waals surface area (Å²) in [4.78, 5) is 20.6. The first-order valence-electron chi connectivity index (χ1n) is 10.3. The first-order chi connectivity index (χ1) is 16.3. The smallest absolute Gasteiger partial charge is 0.349 e. The van der Waals surface area contributed by atoms with Crippen molar-refractivity contribution in [3.63, 3.8) is 0 Å². The van der Waals surface area contributed by atoms with Crippen molar-refractivity contribution in [3.05, 3.63) is 52.4 Å². The van der Waals surface area contributed by atoms with E-state index in [0.29, 0.717) is 47.3 Å². The Labute approximate surface area is 197 Å². The van der Waals surface area contributed by atoms with Crippen LogP contribution in [-0.2, 0) is 6.42 Å². The number of hydrogen-bond donors (Lipinski definition) is 2. The Balaban J connectivity index is 1.54. The van der Waals surface area contributed by atoms with E-state index in [9.17, 15) is 18.7 Å². The van der Waals surface area contributed by atoms with E-state index in [0.717, 1.165) is 17.4 Å². The fourth-order valence-corrected chi connectivity index (χ4v) is 4.52. The zero-order valence-electron chi connectivity index (χ0n) is 18.6. The summed E-state index contributed by atoms with van der Waals surface area (Å²) in [6, 6.07) is 4.27. The number of nitrogens with zero attached hydrogens (tertiary/aromatic N) is 2. The van der Waals surface area contributed by atoms with Crippen molar-refractivity contribution in [2.45, 2.75) is 20.3 Å². The van der Waals surface area contributed by atoms with Gasteiger partial charge in [0.2, 0.25) is 0 Å². The van der Waals surface area contributed by atoms with Gasteiger partial charge in [0.15, 0.2) is 27.8 Å². The second-order valence-electron chi connectivity index (χ2n) is 7.22. The fraction of sp³-hybridized carbons (Fsp3) is 0.261. The van der Waals surface area contributed by atoms with E-state index in [-0.39, 0.29) is 27.3 Å². The molecule has 0 aliphatic heterocycles. The number of halogens is 2. The van der Waals surface area contributed by atoms with Crippen LogP contribution >= 0.6 is 11.3 Å². The first kappa shape index (κ1) is 23.4. The molecule has 0 saturated carbocycles. The standard InChI is InChI=1S/C23H21F2N3O5S/c1-4-32-16-9-17(34-22(16)23(29)30)14-8-18(28-10-27-14)26-6-5-12-11(2)33-21-15(31-3)7-13(24)20(25)19(12)21/h7-10H,4-6H2,1-3H3,(H,29,30)(H,26,27,28). The molecule has 178 valence electrons. The van der Waals surface area contributed by atoms with Gasteiger partial charge in [-0.1, -0.05) is 0 Å². The van der Waals surface area contributed by atoms with Crippen LogP contribution < -0.4 is 14.8 Å². The summed E-state index contributed by atoms with van der Waals surface area (Å²) in [5.74, 6) is -1.70. The Bertz CT molecular complexity index is 1370. The van der Waals surface area contributed by atoms with Gasteiger partial charge in [-0.15, -0.1) is 11.3 Å². The van der Waals surface area contributed by atoms with Crippen molar-refractivity contribution in [2.75, 3.05) is 25.6 Å². The number of carboxylic acids is 1. The minimum atomic E-state index is -1.07. The third-order valence-corrected chi connectivity index (χ3v) is 6.26. The van der Waals surface area contributed by atoms with Crippen LogP contribution in [0.1, 0.15) is 27.9 Å². The van der Waals surface area contributed by atoms with Crippen molar-refractivity contribution >= 4 is 34.1 Å². The summed E-state index contributed by atoms with van der Waals surface area (Å²) in [7, 11) is 1.36. The summed E-state index contributed by atoms with van der Waals surface area (Å²) in [6.45, 7) is 4.14. The molecule has 0 amide bonds. The highest BCUT2D eigenvalue weighted by Gasteiger charge is 2.22. The number of aromatic nitrogens is 2. The van der Waals surface area contributed by atoms with E-state index in [2.05, 4.69) is 15.3 Å². The zero-order chi connectivity index (χ0) is 24.4. The van der Waals surface area contributed by atoms with Gasteiger partial charge in [-0.05, 0) is 20.3 Å². The molecule has 11 heteroatoms. The van der Waals surface area contributed by atoms with Crippen molar-refractivity contribution < 1.29 is 32.6 Å². The van der Waals surface area contributed by atoms with E-state index in [1.54, 1.807) is 26.0 Å². The maximum Gasteiger partial charge on any atom is 0.349 e. The number of carboxylic acid groups (broad SMARTS) is 1. The molecule has 0 unspecified atom stereocenters. The van der Waals surface area contributed by atoms with Crippen LogP contribution in [0.25, 0.3) is 21.5 Å². The number of hydrogen-bond acceptors (Lipinski definition) is 8. The van der Waals surface area contributed by atoms with E-state index in [1.807, 2.05) is 0 Å². The number of aryl methyl sites for hydroxylation is 1. The predicted molar refractivity (Wildman–Crippen MR) is 123 cm³/mol. The lowest BCUT2D eigenvalue weighted by atomic mass is 10.1. The van der Waals surface area contributed by atoms with Crippen LogP contribution in [0.3, 0.4) is 0 Å². The topological polar surface area (TPSA) is 107 Å². The molecule has 0 aliphatic rings.